The van der Waals surface area contributed by atoms with Crippen molar-refractivity contribution in [3.05, 3.63) is 50.4 Å². The van der Waals surface area contributed by atoms with Crippen LogP contribution in [0.15, 0.2) is 28.3 Å². The summed E-state index contributed by atoms with van der Waals surface area (Å²) in [7, 11) is 1.69. The number of halogens is 3. The lowest BCUT2D eigenvalue weighted by molar-refractivity contribution is 0.490. The van der Waals surface area contributed by atoms with E-state index in [1.165, 1.54) is 23.5 Å². The number of thiazole rings is 1. The van der Waals surface area contributed by atoms with Crippen LogP contribution in [-0.2, 0) is 6.42 Å². The lowest BCUT2D eigenvalue weighted by atomic mass is 10.0. The summed E-state index contributed by atoms with van der Waals surface area (Å²) >= 11 is 4.54. The van der Waals surface area contributed by atoms with Gasteiger partial charge in [-0.3, -0.25) is 4.98 Å². The Morgan fingerprint density at radius 3 is 2.56 bits per heavy atom. The highest BCUT2D eigenvalue weighted by molar-refractivity contribution is 9.10. The topological polar surface area (TPSA) is 24.9 Å². The van der Waals surface area contributed by atoms with Gasteiger partial charge in [0.15, 0.2) is 0 Å². The van der Waals surface area contributed by atoms with Crippen LogP contribution in [0, 0.1) is 11.6 Å². The van der Waals surface area contributed by atoms with E-state index < -0.39 is 17.7 Å². The fourth-order valence-electron chi connectivity index (χ4n) is 1.78. The van der Waals surface area contributed by atoms with E-state index in [1.54, 1.807) is 18.8 Å². The van der Waals surface area contributed by atoms with Gasteiger partial charge in [-0.2, -0.15) is 0 Å². The molecule has 0 fully saturated rings. The van der Waals surface area contributed by atoms with Crippen LogP contribution >= 0.6 is 27.3 Å². The summed E-state index contributed by atoms with van der Waals surface area (Å²) in [5.41, 5.74) is 1.77. The van der Waals surface area contributed by atoms with Gasteiger partial charge < -0.3 is 5.32 Å². The van der Waals surface area contributed by atoms with Gasteiger partial charge in [0.1, 0.15) is 11.6 Å². The van der Waals surface area contributed by atoms with Crippen molar-refractivity contribution in [2.45, 2.75) is 12.5 Å². The Kier molecular flexibility index (Phi) is 4.42. The van der Waals surface area contributed by atoms with Gasteiger partial charge in [-0.25, -0.2) is 8.78 Å². The Morgan fingerprint density at radius 1 is 1.39 bits per heavy atom. The van der Waals surface area contributed by atoms with Crippen LogP contribution in [0.3, 0.4) is 0 Å². The predicted octanol–water partition coefficient (Wildman–Crippen LogP) is 3.69. The third-order valence-corrected chi connectivity index (χ3v) is 3.89. The second kappa shape index (κ2) is 5.86. The molecule has 0 aliphatic heterocycles. The molecule has 18 heavy (non-hydrogen) atoms. The number of nitrogens with one attached hydrogen (secondary N) is 1. The molecule has 1 N–H and O–H groups in total. The van der Waals surface area contributed by atoms with Crippen LogP contribution in [0.5, 0.6) is 0 Å². The second-order valence-electron chi connectivity index (χ2n) is 3.80. The summed E-state index contributed by atoms with van der Waals surface area (Å²) in [6.45, 7) is 0. The number of benzene rings is 1. The lowest BCUT2D eigenvalue weighted by Gasteiger charge is -2.17. The molecule has 2 aromatic rings. The molecule has 1 unspecified atom stereocenters. The van der Waals surface area contributed by atoms with Crippen molar-refractivity contribution in [1.82, 2.24) is 10.3 Å². The Morgan fingerprint density at radius 2 is 2.06 bits per heavy atom. The van der Waals surface area contributed by atoms with Crippen LogP contribution in [0.2, 0.25) is 0 Å². The molecule has 1 aromatic heterocycles. The highest BCUT2D eigenvalue weighted by Crippen LogP contribution is 2.27. The van der Waals surface area contributed by atoms with E-state index in [0.717, 1.165) is 4.88 Å². The van der Waals surface area contributed by atoms with Crippen molar-refractivity contribution in [3.8, 4) is 0 Å². The van der Waals surface area contributed by atoms with Crippen molar-refractivity contribution in [3.63, 3.8) is 0 Å². The van der Waals surface area contributed by atoms with Crippen LogP contribution < -0.4 is 5.32 Å². The van der Waals surface area contributed by atoms with E-state index in [2.05, 4.69) is 26.2 Å². The standard InChI is InChI=1S/C12H11BrF2N2S/c1-16-11(4-8-5-17-6-18-8)12-9(14)2-7(13)3-10(12)15/h2-3,5-6,11,16H,4H2,1H3. The first-order valence-electron chi connectivity index (χ1n) is 5.31. The van der Waals surface area contributed by atoms with Crippen LogP contribution in [0.25, 0.3) is 0 Å². The number of hydrogen-bond acceptors (Lipinski definition) is 3. The normalized spacial score (nSPS) is 12.7. The fraction of sp³-hybridized carbons (Fsp3) is 0.250. The fourth-order valence-corrected chi connectivity index (χ4v) is 2.82. The average molecular weight is 333 g/mol. The SMILES string of the molecule is CNC(Cc1cncs1)c1c(F)cc(Br)cc1F. The van der Waals surface area contributed by atoms with Gasteiger partial charge in [0.25, 0.3) is 0 Å². The number of hydrogen-bond donors (Lipinski definition) is 1. The van der Waals surface area contributed by atoms with Gasteiger partial charge in [-0.05, 0) is 19.2 Å². The molecule has 0 aliphatic rings. The molecule has 1 heterocycles. The third-order valence-electron chi connectivity index (χ3n) is 2.63. The molecule has 0 aliphatic carbocycles. The maximum Gasteiger partial charge on any atom is 0.132 e. The van der Waals surface area contributed by atoms with Gasteiger partial charge in [0.2, 0.25) is 0 Å². The van der Waals surface area contributed by atoms with E-state index in [-0.39, 0.29) is 5.56 Å². The van der Waals surface area contributed by atoms with Gasteiger partial charge in [0.05, 0.1) is 5.51 Å². The zero-order valence-corrected chi connectivity index (χ0v) is 12.0. The quantitative estimate of drug-likeness (QED) is 0.923. The van der Waals surface area contributed by atoms with E-state index in [9.17, 15) is 8.78 Å². The van der Waals surface area contributed by atoms with Crippen LogP contribution in [-0.4, -0.2) is 12.0 Å². The molecule has 1 aromatic carbocycles. The maximum absolute atomic E-state index is 13.9. The number of aromatic nitrogens is 1. The number of rotatable bonds is 4. The largest absolute Gasteiger partial charge is 0.313 e. The molecule has 2 rings (SSSR count). The zero-order chi connectivity index (χ0) is 13.1. The lowest BCUT2D eigenvalue weighted by Crippen LogP contribution is -2.21. The van der Waals surface area contributed by atoms with Gasteiger partial charge in [-0.15, -0.1) is 11.3 Å². The highest BCUT2D eigenvalue weighted by atomic mass is 79.9. The molecule has 0 amide bonds. The molecule has 0 bridgehead atoms. The molecule has 0 saturated carbocycles. The molecule has 1 atom stereocenters. The van der Waals surface area contributed by atoms with Crippen molar-refractivity contribution in [1.29, 1.82) is 0 Å². The van der Waals surface area contributed by atoms with Crippen molar-refractivity contribution in [2.24, 2.45) is 0 Å². The second-order valence-corrected chi connectivity index (χ2v) is 5.68. The first-order valence-corrected chi connectivity index (χ1v) is 6.98. The summed E-state index contributed by atoms with van der Waals surface area (Å²) < 4.78 is 28.1. The van der Waals surface area contributed by atoms with Crippen LogP contribution in [0.1, 0.15) is 16.5 Å². The molecule has 0 radical (unpaired) electrons. The number of likely N-dealkylation sites (N-methyl/N-ethyl adjacent to an activating group) is 1. The summed E-state index contributed by atoms with van der Waals surface area (Å²) in [6, 6.07) is 2.14. The summed E-state index contributed by atoms with van der Waals surface area (Å²) in [5.74, 6) is -1.10. The molecule has 2 nitrogen and oxygen atoms in total. The van der Waals surface area contributed by atoms with E-state index >= 15 is 0 Å². The molecule has 6 heteroatoms. The zero-order valence-electron chi connectivity index (χ0n) is 9.58. The smallest absolute Gasteiger partial charge is 0.132 e. The summed E-state index contributed by atoms with van der Waals surface area (Å²) in [5, 5.41) is 2.94. The van der Waals surface area contributed by atoms with E-state index in [0.29, 0.717) is 10.9 Å². The van der Waals surface area contributed by atoms with E-state index in [4.69, 9.17) is 0 Å². The molecular weight excluding hydrogens is 322 g/mol. The predicted molar refractivity (Wildman–Crippen MR) is 71.7 cm³/mol. The Balaban J connectivity index is 2.33. The highest BCUT2D eigenvalue weighted by Gasteiger charge is 2.20. The van der Waals surface area contributed by atoms with Gasteiger partial charge in [-0.1, -0.05) is 15.9 Å². The molecule has 0 saturated heterocycles. The van der Waals surface area contributed by atoms with Crippen molar-refractivity contribution < 1.29 is 8.78 Å². The third kappa shape index (κ3) is 2.93. The summed E-state index contributed by atoms with van der Waals surface area (Å²) in [6.07, 6.45) is 2.22. The van der Waals surface area contributed by atoms with Gasteiger partial charge in [0, 0.05) is 33.6 Å². The molecule has 0 spiro atoms. The van der Waals surface area contributed by atoms with Crippen molar-refractivity contribution in [2.75, 3.05) is 7.05 Å². The average Bonchev–Trinajstić information content (AvgIpc) is 2.79. The first-order chi connectivity index (χ1) is 8.61. The maximum atomic E-state index is 13.9. The monoisotopic (exact) mass is 332 g/mol. The minimum atomic E-state index is -0.550. The summed E-state index contributed by atoms with van der Waals surface area (Å²) in [4.78, 5) is 4.94. The Hall–Kier alpha value is -0.850. The Bertz CT molecular complexity index is 508. The first kappa shape index (κ1) is 13.6. The molecule has 96 valence electrons. The molecular formula is C12H11BrF2N2S. The van der Waals surface area contributed by atoms with Crippen molar-refractivity contribution >= 4 is 27.3 Å². The minimum absolute atomic E-state index is 0.0640. The van der Waals surface area contributed by atoms with Gasteiger partial charge >= 0.3 is 0 Å². The van der Waals surface area contributed by atoms with E-state index in [1.807, 2.05) is 0 Å². The Labute approximate surface area is 116 Å². The minimum Gasteiger partial charge on any atom is -0.313 e. The van der Waals surface area contributed by atoms with Crippen LogP contribution in [0.4, 0.5) is 8.78 Å². The number of nitrogens with zero attached hydrogens (tertiary/aromatic N) is 1.